The number of para-hydroxylation sites is 1. The number of halogens is 1. The highest BCUT2D eigenvalue weighted by Gasteiger charge is 2.09. The molecule has 0 bridgehead atoms. The van der Waals surface area contributed by atoms with Gasteiger partial charge < -0.3 is 15.2 Å². The lowest BCUT2D eigenvalue weighted by atomic mass is 10.1. The fraction of sp³-hybridized carbons (Fsp3) is 0.182. The predicted molar refractivity (Wildman–Crippen MR) is 100 cm³/mol. The third kappa shape index (κ3) is 5.15. The van der Waals surface area contributed by atoms with Crippen molar-refractivity contribution >= 4 is 0 Å². The summed E-state index contributed by atoms with van der Waals surface area (Å²) in [4.78, 5) is 0. The van der Waals surface area contributed by atoms with Crippen LogP contribution in [0, 0.1) is 5.82 Å². The van der Waals surface area contributed by atoms with Crippen LogP contribution in [-0.2, 0) is 13.2 Å². The van der Waals surface area contributed by atoms with Gasteiger partial charge in [0.15, 0.2) is 0 Å². The van der Waals surface area contributed by atoms with Gasteiger partial charge in [-0.25, -0.2) is 4.39 Å². The Labute approximate surface area is 153 Å². The normalized spacial score (nSPS) is 11.9. The average Bonchev–Trinajstić information content (AvgIpc) is 2.68. The number of benzene rings is 3. The van der Waals surface area contributed by atoms with E-state index in [1.165, 1.54) is 12.1 Å². The van der Waals surface area contributed by atoms with Crippen LogP contribution in [0.2, 0.25) is 0 Å². The highest BCUT2D eigenvalue weighted by molar-refractivity contribution is 5.33. The molecule has 0 heterocycles. The van der Waals surface area contributed by atoms with E-state index in [4.69, 9.17) is 4.74 Å². The summed E-state index contributed by atoms with van der Waals surface area (Å²) in [6, 6.07) is 23.8. The van der Waals surface area contributed by atoms with E-state index in [9.17, 15) is 9.50 Å². The Morgan fingerprint density at radius 2 is 1.69 bits per heavy atom. The first-order chi connectivity index (χ1) is 12.7. The van der Waals surface area contributed by atoms with Gasteiger partial charge in [-0.1, -0.05) is 60.7 Å². The molecule has 0 fully saturated rings. The van der Waals surface area contributed by atoms with Crippen LogP contribution in [0.4, 0.5) is 4.39 Å². The molecule has 0 spiro atoms. The monoisotopic (exact) mass is 351 g/mol. The number of nitrogens with one attached hydrogen (secondary N) is 1. The number of ether oxygens (including phenoxy) is 1. The maximum Gasteiger partial charge on any atom is 0.124 e. The topological polar surface area (TPSA) is 41.5 Å². The maximum absolute atomic E-state index is 13.2. The predicted octanol–water partition coefficient (Wildman–Crippen LogP) is 4.23. The lowest BCUT2D eigenvalue weighted by molar-refractivity contribution is 0.173. The van der Waals surface area contributed by atoms with Crippen LogP contribution in [0.1, 0.15) is 22.8 Å². The molecular formula is C22H22FNO2. The van der Waals surface area contributed by atoms with Gasteiger partial charge in [-0.2, -0.15) is 0 Å². The largest absolute Gasteiger partial charge is 0.489 e. The first-order valence-corrected chi connectivity index (χ1v) is 8.61. The van der Waals surface area contributed by atoms with Crippen molar-refractivity contribution in [1.82, 2.24) is 5.32 Å². The van der Waals surface area contributed by atoms with Crippen LogP contribution in [0.15, 0.2) is 78.9 Å². The molecule has 1 atom stereocenters. The molecule has 3 aromatic carbocycles. The summed E-state index contributed by atoms with van der Waals surface area (Å²) in [6.07, 6.45) is -0.761. The lowest BCUT2D eigenvalue weighted by Gasteiger charge is -2.15. The van der Waals surface area contributed by atoms with Crippen molar-refractivity contribution in [3.05, 3.63) is 101 Å². The van der Waals surface area contributed by atoms with Gasteiger partial charge in [0.1, 0.15) is 18.2 Å². The van der Waals surface area contributed by atoms with E-state index >= 15 is 0 Å². The maximum atomic E-state index is 13.2. The van der Waals surface area contributed by atoms with Gasteiger partial charge in [0.25, 0.3) is 0 Å². The zero-order valence-electron chi connectivity index (χ0n) is 14.4. The van der Waals surface area contributed by atoms with E-state index in [1.807, 2.05) is 54.6 Å². The number of hydrogen-bond donors (Lipinski definition) is 2. The molecule has 3 nitrogen and oxygen atoms in total. The molecular weight excluding hydrogens is 329 g/mol. The first kappa shape index (κ1) is 18.1. The summed E-state index contributed by atoms with van der Waals surface area (Å²) in [6.45, 7) is 1.39. The summed E-state index contributed by atoms with van der Waals surface area (Å²) in [5.41, 5.74) is 2.68. The quantitative estimate of drug-likeness (QED) is 0.638. The minimum absolute atomic E-state index is 0.330. The fourth-order valence-electron chi connectivity index (χ4n) is 2.70. The van der Waals surface area contributed by atoms with Crippen LogP contribution in [0.5, 0.6) is 5.75 Å². The molecule has 0 aliphatic carbocycles. The molecule has 0 amide bonds. The standard InChI is InChI=1S/C22H22FNO2/c23-20-11-6-10-18(13-20)21(25)15-24-14-19-9-4-5-12-22(19)26-16-17-7-2-1-3-8-17/h1-13,21,24-25H,14-16H2/t21-/m0/s1. The van der Waals surface area contributed by atoms with Gasteiger partial charge in [-0.3, -0.25) is 0 Å². The summed E-state index contributed by atoms with van der Waals surface area (Å²) >= 11 is 0. The van der Waals surface area contributed by atoms with Gasteiger partial charge in [-0.15, -0.1) is 0 Å². The molecule has 134 valence electrons. The van der Waals surface area contributed by atoms with Crippen molar-refractivity contribution in [3.8, 4) is 5.75 Å². The summed E-state index contributed by atoms with van der Waals surface area (Å²) in [5, 5.41) is 13.4. The first-order valence-electron chi connectivity index (χ1n) is 8.61. The molecule has 3 rings (SSSR count). The average molecular weight is 351 g/mol. The van der Waals surface area contributed by atoms with Crippen LogP contribution in [-0.4, -0.2) is 11.7 Å². The van der Waals surface area contributed by atoms with Crippen molar-refractivity contribution in [1.29, 1.82) is 0 Å². The van der Waals surface area contributed by atoms with Crippen LogP contribution in [0.3, 0.4) is 0 Å². The van der Waals surface area contributed by atoms with Gasteiger partial charge >= 0.3 is 0 Å². The second-order valence-corrected chi connectivity index (χ2v) is 6.08. The molecule has 0 saturated heterocycles. The van der Waals surface area contributed by atoms with E-state index in [0.29, 0.717) is 25.3 Å². The molecule has 4 heteroatoms. The molecule has 0 aliphatic heterocycles. The van der Waals surface area contributed by atoms with E-state index in [0.717, 1.165) is 16.9 Å². The Balaban J connectivity index is 1.55. The molecule has 2 N–H and O–H groups in total. The van der Waals surface area contributed by atoms with Crippen molar-refractivity contribution in [2.45, 2.75) is 19.3 Å². The highest BCUT2D eigenvalue weighted by atomic mass is 19.1. The van der Waals surface area contributed by atoms with Crippen LogP contribution >= 0.6 is 0 Å². The van der Waals surface area contributed by atoms with Crippen molar-refractivity contribution < 1.29 is 14.2 Å². The highest BCUT2D eigenvalue weighted by Crippen LogP contribution is 2.20. The van der Waals surface area contributed by atoms with Gasteiger partial charge in [0, 0.05) is 18.7 Å². The third-order valence-corrected chi connectivity index (χ3v) is 4.10. The summed E-state index contributed by atoms with van der Waals surface area (Å²) in [5.74, 6) is 0.463. The molecule has 0 aromatic heterocycles. The number of aliphatic hydroxyl groups is 1. The Kier molecular flexibility index (Phi) is 6.36. The molecule has 0 radical (unpaired) electrons. The lowest BCUT2D eigenvalue weighted by Crippen LogP contribution is -2.21. The number of aliphatic hydroxyl groups excluding tert-OH is 1. The zero-order chi connectivity index (χ0) is 18.2. The van der Waals surface area contributed by atoms with E-state index < -0.39 is 6.10 Å². The minimum atomic E-state index is -0.761. The van der Waals surface area contributed by atoms with Crippen LogP contribution < -0.4 is 10.1 Å². The molecule has 0 aliphatic rings. The Bertz CT molecular complexity index is 823. The Morgan fingerprint density at radius 3 is 2.50 bits per heavy atom. The molecule has 3 aromatic rings. The second kappa shape index (κ2) is 9.13. The Hall–Kier alpha value is -2.69. The van der Waals surface area contributed by atoms with Gasteiger partial charge in [0.05, 0.1) is 6.10 Å². The zero-order valence-corrected chi connectivity index (χ0v) is 14.4. The van der Waals surface area contributed by atoms with E-state index in [2.05, 4.69) is 5.32 Å². The summed E-state index contributed by atoms with van der Waals surface area (Å²) in [7, 11) is 0. The third-order valence-electron chi connectivity index (χ3n) is 4.10. The molecule has 0 unspecified atom stereocenters. The van der Waals surface area contributed by atoms with Crippen LogP contribution in [0.25, 0.3) is 0 Å². The van der Waals surface area contributed by atoms with Crippen molar-refractivity contribution in [2.75, 3.05) is 6.54 Å². The smallest absolute Gasteiger partial charge is 0.124 e. The number of hydrogen-bond acceptors (Lipinski definition) is 3. The van der Waals surface area contributed by atoms with Gasteiger partial charge in [0.2, 0.25) is 0 Å². The SMILES string of the molecule is O[C@@H](CNCc1ccccc1OCc1ccccc1)c1cccc(F)c1. The summed E-state index contributed by atoms with van der Waals surface area (Å²) < 4.78 is 19.2. The van der Waals surface area contributed by atoms with Gasteiger partial charge in [-0.05, 0) is 29.3 Å². The molecule has 26 heavy (non-hydrogen) atoms. The van der Waals surface area contributed by atoms with E-state index in [-0.39, 0.29) is 5.82 Å². The number of rotatable bonds is 8. The fourth-order valence-corrected chi connectivity index (χ4v) is 2.70. The minimum Gasteiger partial charge on any atom is -0.489 e. The van der Waals surface area contributed by atoms with Crippen molar-refractivity contribution in [2.24, 2.45) is 0 Å². The second-order valence-electron chi connectivity index (χ2n) is 6.08. The van der Waals surface area contributed by atoms with E-state index in [1.54, 1.807) is 12.1 Å². The molecule has 0 saturated carbocycles. The Morgan fingerprint density at radius 1 is 0.923 bits per heavy atom. The van der Waals surface area contributed by atoms with Crippen molar-refractivity contribution in [3.63, 3.8) is 0 Å².